The fourth-order valence-corrected chi connectivity index (χ4v) is 2.74. The second-order valence-electron chi connectivity index (χ2n) is 6.11. The number of nitrogens with one attached hydrogen (secondary N) is 1. The van der Waals surface area contributed by atoms with Gasteiger partial charge < -0.3 is 14.8 Å². The Bertz CT molecular complexity index is 1100. The number of benzene rings is 2. The molecule has 2 aromatic carbocycles. The highest BCUT2D eigenvalue weighted by Gasteiger charge is 2.10. The fraction of sp³-hybridized carbons (Fsp3) is 0.190. The zero-order valence-electron chi connectivity index (χ0n) is 16.1. The van der Waals surface area contributed by atoms with Crippen LogP contribution < -0.4 is 25.9 Å². The lowest BCUT2D eigenvalue weighted by Gasteiger charge is -2.10. The Morgan fingerprint density at radius 2 is 1.59 bits per heavy atom. The van der Waals surface area contributed by atoms with Crippen molar-refractivity contribution in [2.24, 2.45) is 0 Å². The van der Waals surface area contributed by atoms with Crippen molar-refractivity contribution in [3.8, 4) is 17.2 Å². The van der Waals surface area contributed by atoms with Gasteiger partial charge in [-0.3, -0.25) is 23.5 Å². The number of amides is 1. The number of hydrogen-bond acceptors (Lipinski definition) is 5. The van der Waals surface area contributed by atoms with Crippen molar-refractivity contribution >= 4 is 11.6 Å². The third-order valence-corrected chi connectivity index (χ3v) is 4.17. The average molecular weight is 395 g/mol. The Hall–Kier alpha value is -3.81. The molecule has 3 aromatic rings. The van der Waals surface area contributed by atoms with E-state index in [2.05, 4.69) is 5.32 Å². The Labute approximate surface area is 166 Å². The van der Waals surface area contributed by atoms with Gasteiger partial charge in [-0.25, -0.2) is 0 Å². The third-order valence-electron chi connectivity index (χ3n) is 4.17. The summed E-state index contributed by atoms with van der Waals surface area (Å²) >= 11 is 0. The van der Waals surface area contributed by atoms with Gasteiger partial charge in [0.2, 0.25) is 5.91 Å². The van der Waals surface area contributed by atoms with E-state index in [1.807, 2.05) is 6.92 Å². The second kappa shape index (κ2) is 8.92. The Balaban J connectivity index is 1.75. The number of aromatic nitrogens is 2. The van der Waals surface area contributed by atoms with Crippen molar-refractivity contribution in [2.45, 2.75) is 13.5 Å². The van der Waals surface area contributed by atoms with Gasteiger partial charge in [0.25, 0.3) is 0 Å². The van der Waals surface area contributed by atoms with E-state index in [1.54, 1.807) is 55.6 Å². The molecule has 0 aliphatic rings. The molecule has 1 amide bonds. The lowest BCUT2D eigenvalue weighted by Crippen LogP contribution is -2.41. The zero-order chi connectivity index (χ0) is 20.8. The van der Waals surface area contributed by atoms with Crippen molar-refractivity contribution in [2.75, 3.05) is 19.0 Å². The Morgan fingerprint density at radius 1 is 0.931 bits per heavy atom. The van der Waals surface area contributed by atoms with Crippen LogP contribution in [-0.4, -0.2) is 28.8 Å². The van der Waals surface area contributed by atoms with Gasteiger partial charge in [0.05, 0.1) is 13.7 Å². The predicted molar refractivity (Wildman–Crippen MR) is 109 cm³/mol. The van der Waals surface area contributed by atoms with Crippen LogP contribution in [0, 0.1) is 0 Å². The molecular formula is C21H21N3O5. The molecule has 3 rings (SSSR count). The lowest BCUT2D eigenvalue weighted by molar-refractivity contribution is -0.116. The summed E-state index contributed by atoms with van der Waals surface area (Å²) in [5.74, 6) is 0.917. The standard InChI is InChI=1S/C21H21N3O5/c1-3-29-18-10-6-16(7-11-18)24-13-12-23(20(26)21(24)27)14-19(25)22-15-4-8-17(28-2)9-5-15/h4-13H,3,14H2,1-2H3,(H,22,25). The summed E-state index contributed by atoms with van der Waals surface area (Å²) in [5, 5.41) is 2.68. The van der Waals surface area contributed by atoms with Gasteiger partial charge in [0.15, 0.2) is 0 Å². The molecular weight excluding hydrogens is 374 g/mol. The van der Waals surface area contributed by atoms with Crippen LogP contribution in [0.2, 0.25) is 0 Å². The summed E-state index contributed by atoms with van der Waals surface area (Å²) < 4.78 is 12.7. The van der Waals surface area contributed by atoms with Crippen molar-refractivity contribution in [3.05, 3.63) is 81.6 Å². The quantitative estimate of drug-likeness (QED) is 0.618. The topological polar surface area (TPSA) is 91.6 Å². The summed E-state index contributed by atoms with van der Waals surface area (Å²) in [7, 11) is 1.55. The molecule has 0 spiro atoms. The molecule has 0 radical (unpaired) electrons. The van der Waals surface area contributed by atoms with Crippen LogP contribution in [0.4, 0.5) is 5.69 Å². The molecule has 150 valence electrons. The highest BCUT2D eigenvalue weighted by Crippen LogP contribution is 2.15. The van der Waals surface area contributed by atoms with E-state index in [0.717, 1.165) is 4.57 Å². The molecule has 1 N–H and O–H groups in total. The SMILES string of the molecule is CCOc1ccc(-n2ccn(CC(=O)Nc3ccc(OC)cc3)c(=O)c2=O)cc1. The summed E-state index contributed by atoms with van der Waals surface area (Å²) in [6.07, 6.45) is 2.87. The van der Waals surface area contributed by atoms with E-state index >= 15 is 0 Å². The molecule has 8 nitrogen and oxygen atoms in total. The number of nitrogens with zero attached hydrogens (tertiary/aromatic N) is 2. The highest BCUT2D eigenvalue weighted by atomic mass is 16.5. The average Bonchev–Trinajstić information content (AvgIpc) is 2.73. The summed E-state index contributed by atoms with van der Waals surface area (Å²) in [6.45, 7) is 2.14. The molecule has 0 saturated heterocycles. The molecule has 0 bridgehead atoms. The normalized spacial score (nSPS) is 10.4. The molecule has 29 heavy (non-hydrogen) atoms. The Kier molecular flexibility index (Phi) is 6.13. The molecule has 1 heterocycles. The van der Waals surface area contributed by atoms with Crippen molar-refractivity contribution in [1.82, 2.24) is 9.13 Å². The van der Waals surface area contributed by atoms with Gasteiger partial charge >= 0.3 is 11.1 Å². The minimum atomic E-state index is -0.786. The minimum absolute atomic E-state index is 0.274. The van der Waals surface area contributed by atoms with E-state index < -0.39 is 17.0 Å². The number of ether oxygens (including phenoxy) is 2. The van der Waals surface area contributed by atoms with Crippen molar-refractivity contribution in [3.63, 3.8) is 0 Å². The van der Waals surface area contributed by atoms with E-state index in [9.17, 15) is 14.4 Å². The van der Waals surface area contributed by atoms with E-state index in [4.69, 9.17) is 9.47 Å². The van der Waals surface area contributed by atoms with Crippen LogP contribution in [0.25, 0.3) is 5.69 Å². The molecule has 0 unspecified atom stereocenters. The van der Waals surface area contributed by atoms with Gasteiger partial charge in [-0.05, 0) is 55.5 Å². The number of anilines is 1. The fourth-order valence-electron chi connectivity index (χ4n) is 2.74. The summed E-state index contributed by atoms with van der Waals surface area (Å²) in [6, 6.07) is 13.6. The Morgan fingerprint density at radius 3 is 2.21 bits per heavy atom. The van der Waals surface area contributed by atoms with Gasteiger partial charge in [0, 0.05) is 23.8 Å². The molecule has 0 aliphatic carbocycles. The van der Waals surface area contributed by atoms with Crippen LogP contribution in [0.15, 0.2) is 70.5 Å². The van der Waals surface area contributed by atoms with Crippen LogP contribution in [-0.2, 0) is 11.3 Å². The van der Waals surface area contributed by atoms with Crippen molar-refractivity contribution < 1.29 is 14.3 Å². The van der Waals surface area contributed by atoms with Crippen LogP contribution in [0.5, 0.6) is 11.5 Å². The molecule has 1 aromatic heterocycles. The molecule has 8 heteroatoms. The maximum atomic E-state index is 12.5. The van der Waals surface area contributed by atoms with Gasteiger partial charge in [0.1, 0.15) is 18.0 Å². The maximum Gasteiger partial charge on any atom is 0.320 e. The molecule has 0 fully saturated rings. The summed E-state index contributed by atoms with van der Waals surface area (Å²) in [4.78, 5) is 37.1. The lowest BCUT2D eigenvalue weighted by atomic mass is 10.3. The number of carbonyl (C=O) groups is 1. The van der Waals surface area contributed by atoms with Crippen LogP contribution in [0.1, 0.15) is 6.92 Å². The third kappa shape index (κ3) is 4.73. The maximum absolute atomic E-state index is 12.5. The number of hydrogen-bond donors (Lipinski definition) is 1. The smallest absolute Gasteiger partial charge is 0.320 e. The van der Waals surface area contributed by atoms with E-state index in [1.165, 1.54) is 17.0 Å². The first-order chi connectivity index (χ1) is 14.0. The van der Waals surface area contributed by atoms with Crippen molar-refractivity contribution in [1.29, 1.82) is 0 Å². The van der Waals surface area contributed by atoms with Gasteiger partial charge in [-0.15, -0.1) is 0 Å². The predicted octanol–water partition coefficient (Wildman–Crippen LogP) is 2.05. The van der Waals surface area contributed by atoms with E-state index in [0.29, 0.717) is 29.5 Å². The van der Waals surface area contributed by atoms with E-state index in [-0.39, 0.29) is 6.54 Å². The second-order valence-corrected chi connectivity index (χ2v) is 6.11. The molecule has 0 saturated carbocycles. The minimum Gasteiger partial charge on any atom is -0.497 e. The monoisotopic (exact) mass is 395 g/mol. The van der Waals surface area contributed by atoms with Crippen LogP contribution >= 0.6 is 0 Å². The number of methoxy groups -OCH3 is 1. The van der Waals surface area contributed by atoms with Gasteiger partial charge in [-0.2, -0.15) is 0 Å². The zero-order valence-corrected chi connectivity index (χ0v) is 16.1. The van der Waals surface area contributed by atoms with Gasteiger partial charge in [-0.1, -0.05) is 0 Å². The largest absolute Gasteiger partial charge is 0.497 e. The first-order valence-corrected chi connectivity index (χ1v) is 9.01. The first kappa shape index (κ1) is 19.9. The number of rotatable bonds is 7. The van der Waals surface area contributed by atoms with Crippen LogP contribution in [0.3, 0.4) is 0 Å². The number of carbonyl (C=O) groups excluding carboxylic acids is 1. The molecule has 0 aliphatic heterocycles. The molecule has 0 atom stereocenters. The first-order valence-electron chi connectivity index (χ1n) is 9.01. The summed E-state index contributed by atoms with van der Waals surface area (Å²) in [5.41, 5.74) is -0.433. The highest BCUT2D eigenvalue weighted by molar-refractivity contribution is 5.90.